The van der Waals surface area contributed by atoms with Crippen LogP contribution in [0.2, 0.25) is 0 Å². The van der Waals surface area contributed by atoms with Crippen LogP contribution in [-0.2, 0) is 10.9 Å². The van der Waals surface area contributed by atoms with Gasteiger partial charge in [-0.3, -0.25) is 15.5 Å². The number of nitrogens with zero attached hydrogens (tertiary/aromatic N) is 2. The fourth-order valence-electron chi connectivity index (χ4n) is 1.32. The summed E-state index contributed by atoms with van der Waals surface area (Å²) < 4.78 is 47.8. The third-order valence-electron chi connectivity index (χ3n) is 2.05. The summed E-state index contributed by atoms with van der Waals surface area (Å²) in [5.74, 6) is -0.846. The third kappa shape index (κ3) is 2.34. The molecule has 2 rings (SSSR count). The maximum Gasteiger partial charge on any atom is 0.425 e. The number of methoxy groups -OCH3 is 1. The summed E-state index contributed by atoms with van der Waals surface area (Å²) in [6, 6.07) is 0. The van der Waals surface area contributed by atoms with Crippen molar-refractivity contribution in [3.8, 4) is 5.88 Å². The molecule has 0 bridgehead atoms. The van der Waals surface area contributed by atoms with Gasteiger partial charge in [-0.15, -0.1) is 5.10 Å². The van der Waals surface area contributed by atoms with E-state index in [9.17, 15) is 13.2 Å². The molecular formula is C9H9F3N4O2. The minimum atomic E-state index is -4.58. The van der Waals surface area contributed by atoms with Gasteiger partial charge >= 0.3 is 6.18 Å². The van der Waals surface area contributed by atoms with Crippen molar-refractivity contribution in [2.75, 3.05) is 12.5 Å². The zero-order chi connectivity index (χ0) is 13.2. The van der Waals surface area contributed by atoms with Crippen molar-refractivity contribution in [1.29, 1.82) is 0 Å². The molecule has 0 spiro atoms. The fraction of sp³-hybridized carbons (Fsp3) is 0.222. The lowest BCUT2D eigenvalue weighted by Crippen LogP contribution is -2.22. The summed E-state index contributed by atoms with van der Waals surface area (Å²) in [4.78, 5) is 0. The molecule has 2 heterocycles. The van der Waals surface area contributed by atoms with Crippen molar-refractivity contribution >= 4 is 5.82 Å². The lowest BCUT2D eigenvalue weighted by atomic mass is 10.3. The molecule has 1 aromatic rings. The molecule has 0 aliphatic carbocycles. The van der Waals surface area contributed by atoms with E-state index in [-0.39, 0.29) is 5.82 Å². The lowest BCUT2D eigenvalue weighted by molar-refractivity contribution is -0.138. The largest absolute Gasteiger partial charge is 0.479 e. The number of H-pyrrole nitrogens is 1. The molecule has 1 aromatic heterocycles. The molecule has 1 aliphatic rings. The van der Waals surface area contributed by atoms with Gasteiger partial charge < -0.3 is 9.47 Å². The van der Waals surface area contributed by atoms with Crippen LogP contribution in [0.4, 0.5) is 19.0 Å². The Bertz CT molecular complexity index is 469. The van der Waals surface area contributed by atoms with Crippen LogP contribution in [0.1, 0.15) is 5.56 Å². The first-order valence-corrected chi connectivity index (χ1v) is 4.75. The molecule has 9 heteroatoms. The first kappa shape index (κ1) is 12.1. The van der Waals surface area contributed by atoms with E-state index in [0.717, 1.165) is 7.11 Å². The van der Waals surface area contributed by atoms with Gasteiger partial charge in [-0.1, -0.05) is 0 Å². The van der Waals surface area contributed by atoms with Crippen molar-refractivity contribution in [3.05, 3.63) is 30.5 Å². The smallest absolute Gasteiger partial charge is 0.425 e. The number of hydrogen-bond donors (Lipinski definition) is 2. The zero-order valence-electron chi connectivity index (χ0n) is 9.15. The first-order valence-electron chi connectivity index (χ1n) is 4.75. The van der Waals surface area contributed by atoms with E-state index in [1.807, 2.05) is 0 Å². The van der Waals surface area contributed by atoms with E-state index in [1.54, 1.807) is 0 Å². The number of alkyl halides is 3. The molecule has 0 atom stereocenters. The van der Waals surface area contributed by atoms with Crippen molar-refractivity contribution in [3.63, 3.8) is 0 Å². The van der Waals surface area contributed by atoms with Gasteiger partial charge in [-0.05, 0) is 0 Å². The van der Waals surface area contributed by atoms with E-state index in [4.69, 9.17) is 4.74 Å². The molecular weight excluding hydrogens is 253 g/mol. The molecule has 0 fully saturated rings. The maximum absolute atomic E-state index is 12.8. The standard InChI is InChI=1S/C9H9F3N4O2/c1-17-8-6(9(10,11)12)7(13-14-8)15-16-2-4-18-5-3-16/h2-5H,1H3,(H2,13,14,15). The van der Waals surface area contributed by atoms with Crippen molar-refractivity contribution in [1.82, 2.24) is 15.2 Å². The molecule has 0 unspecified atom stereocenters. The van der Waals surface area contributed by atoms with Gasteiger partial charge in [0.15, 0.2) is 11.4 Å². The third-order valence-corrected chi connectivity index (χ3v) is 2.05. The fourth-order valence-corrected chi connectivity index (χ4v) is 1.32. The number of ether oxygens (including phenoxy) is 2. The van der Waals surface area contributed by atoms with Crippen molar-refractivity contribution in [2.24, 2.45) is 0 Å². The highest BCUT2D eigenvalue weighted by Gasteiger charge is 2.40. The summed E-state index contributed by atoms with van der Waals surface area (Å²) in [5, 5.41) is 6.92. The summed E-state index contributed by atoms with van der Waals surface area (Å²) in [6.07, 6.45) is 0.809. The number of hydrogen-bond acceptors (Lipinski definition) is 5. The Balaban J connectivity index is 2.27. The van der Waals surface area contributed by atoms with Crippen LogP contribution in [0, 0.1) is 0 Å². The number of aromatic nitrogens is 2. The SMILES string of the molecule is COc1n[nH]c(NN2C=COC=C2)c1C(F)(F)F. The van der Waals surface area contributed by atoms with E-state index in [0.29, 0.717) is 0 Å². The summed E-state index contributed by atoms with van der Waals surface area (Å²) in [7, 11) is 1.11. The molecule has 0 radical (unpaired) electrons. The van der Waals surface area contributed by atoms with Gasteiger partial charge in [-0.2, -0.15) is 13.2 Å². The molecule has 0 saturated heterocycles. The second-order valence-corrected chi connectivity index (χ2v) is 3.21. The normalized spacial score (nSPS) is 14.6. The Kier molecular flexibility index (Phi) is 3.04. The molecule has 6 nitrogen and oxygen atoms in total. The number of rotatable bonds is 3. The molecule has 0 saturated carbocycles. The lowest BCUT2D eigenvalue weighted by Gasteiger charge is -2.19. The Hall–Kier alpha value is -2.32. The second-order valence-electron chi connectivity index (χ2n) is 3.21. The Morgan fingerprint density at radius 2 is 2.06 bits per heavy atom. The first-order chi connectivity index (χ1) is 8.52. The van der Waals surface area contributed by atoms with Crippen LogP contribution in [0.3, 0.4) is 0 Å². The van der Waals surface area contributed by atoms with Gasteiger partial charge in [0.25, 0.3) is 0 Å². The number of aromatic amines is 1. The van der Waals surface area contributed by atoms with Crippen LogP contribution >= 0.6 is 0 Å². The highest BCUT2D eigenvalue weighted by molar-refractivity contribution is 5.51. The number of halogens is 3. The summed E-state index contributed by atoms with van der Waals surface area (Å²) >= 11 is 0. The predicted molar refractivity (Wildman–Crippen MR) is 55.0 cm³/mol. The summed E-state index contributed by atoms with van der Waals surface area (Å²) in [5.41, 5.74) is 1.47. The quantitative estimate of drug-likeness (QED) is 0.872. The predicted octanol–water partition coefficient (Wildman–Crippen LogP) is 2.04. The number of hydrazine groups is 1. The molecule has 1 aliphatic heterocycles. The van der Waals surface area contributed by atoms with Crippen molar-refractivity contribution in [2.45, 2.75) is 6.18 Å². The topological polar surface area (TPSA) is 62.4 Å². The van der Waals surface area contributed by atoms with Crippen LogP contribution in [-0.4, -0.2) is 22.3 Å². The number of anilines is 1. The Morgan fingerprint density at radius 3 is 2.61 bits per heavy atom. The molecule has 18 heavy (non-hydrogen) atoms. The minimum absolute atomic E-state index is 0.324. The van der Waals surface area contributed by atoms with E-state index < -0.39 is 17.6 Å². The van der Waals surface area contributed by atoms with E-state index in [1.165, 1.54) is 29.9 Å². The average molecular weight is 262 g/mol. The monoisotopic (exact) mass is 262 g/mol. The van der Waals surface area contributed by atoms with Gasteiger partial charge in [0, 0.05) is 0 Å². The molecule has 0 aromatic carbocycles. The molecule has 2 N–H and O–H groups in total. The van der Waals surface area contributed by atoms with Gasteiger partial charge in [-0.25, -0.2) is 0 Å². The highest BCUT2D eigenvalue weighted by Crippen LogP contribution is 2.39. The van der Waals surface area contributed by atoms with Crippen molar-refractivity contribution < 1.29 is 22.6 Å². The molecule has 0 amide bonds. The van der Waals surface area contributed by atoms with E-state index >= 15 is 0 Å². The van der Waals surface area contributed by atoms with Gasteiger partial charge in [0.2, 0.25) is 5.88 Å². The highest BCUT2D eigenvalue weighted by atomic mass is 19.4. The zero-order valence-corrected chi connectivity index (χ0v) is 9.15. The van der Waals surface area contributed by atoms with Crippen LogP contribution in [0.5, 0.6) is 5.88 Å². The van der Waals surface area contributed by atoms with Gasteiger partial charge in [0.05, 0.1) is 19.5 Å². The Labute approximate surface area is 99.6 Å². The number of nitrogens with one attached hydrogen (secondary N) is 2. The van der Waals surface area contributed by atoms with Crippen LogP contribution in [0.25, 0.3) is 0 Å². The van der Waals surface area contributed by atoms with Gasteiger partial charge in [0.1, 0.15) is 12.5 Å². The second kappa shape index (κ2) is 4.51. The summed E-state index contributed by atoms with van der Waals surface area (Å²) in [6.45, 7) is 0. The van der Waals surface area contributed by atoms with E-state index in [2.05, 4.69) is 20.4 Å². The van der Waals surface area contributed by atoms with Crippen LogP contribution in [0.15, 0.2) is 24.9 Å². The minimum Gasteiger partial charge on any atom is -0.479 e. The van der Waals surface area contributed by atoms with Crippen LogP contribution < -0.4 is 10.2 Å². The maximum atomic E-state index is 12.8. The molecule has 98 valence electrons. The average Bonchev–Trinajstić information content (AvgIpc) is 2.73. The Morgan fingerprint density at radius 1 is 1.39 bits per heavy atom.